The molecule has 0 saturated heterocycles. The second kappa shape index (κ2) is 6.42. The van der Waals surface area contributed by atoms with Crippen LogP contribution in [0.25, 0.3) is 0 Å². The minimum Gasteiger partial charge on any atom is -0.370 e. The molecule has 1 unspecified atom stereocenters. The van der Waals surface area contributed by atoms with Crippen LogP contribution in [0.5, 0.6) is 0 Å². The SMILES string of the molecule is CNC(CCCN=C(N)N)C(C)=O. The van der Waals surface area contributed by atoms with Crippen LogP contribution in [0.3, 0.4) is 0 Å². The van der Waals surface area contributed by atoms with Crippen LogP contribution in [-0.4, -0.2) is 31.4 Å². The van der Waals surface area contributed by atoms with Gasteiger partial charge >= 0.3 is 0 Å². The van der Waals surface area contributed by atoms with Crippen LogP contribution >= 0.6 is 0 Å². The average molecular weight is 186 g/mol. The van der Waals surface area contributed by atoms with Gasteiger partial charge in [0.15, 0.2) is 5.96 Å². The van der Waals surface area contributed by atoms with Crippen LogP contribution in [0.4, 0.5) is 0 Å². The summed E-state index contributed by atoms with van der Waals surface area (Å²) >= 11 is 0. The molecule has 13 heavy (non-hydrogen) atoms. The lowest BCUT2D eigenvalue weighted by molar-refractivity contribution is -0.119. The van der Waals surface area contributed by atoms with Crippen molar-refractivity contribution in [3.05, 3.63) is 0 Å². The van der Waals surface area contributed by atoms with Crippen molar-refractivity contribution < 1.29 is 4.79 Å². The molecule has 0 heterocycles. The van der Waals surface area contributed by atoms with Crippen molar-refractivity contribution in [2.24, 2.45) is 16.5 Å². The summed E-state index contributed by atoms with van der Waals surface area (Å²) in [5.41, 5.74) is 10.3. The van der Waals surface area contributed by atoms with Gasteiger partial charge < -0.3 is 16.8 Å². The largest absolute Gasteiger partial charge is 0.370 e. The zero-order valence-corrected chi connectivity index (χ0v) is 8.21. The molecule has 0 spiro atoms. The van der Waals surface area contributed by atoms with Crippen molar-refractivity contribution in [1.82, 2.24) is 5.32 Å². The van der Waals surface area contributed by atoms with E-state index in [-0.39, 0.29) is 17.8 Å². The smallest absolute Gasteiger partial charge is 0.185 e. The van der Waals surface area contributed by atoms with Crippen LogP contribution in [0.1, 0.15) is 19.8 Å². The van der Waals surface area contributed by atoms with E-state index in [4.69, 9.17) is 11.5 Å². The molecule has 0 aliphatic carbocycles. The van der Waals surface area contributed by atoms with E-state index in [1.54, 1.807) is 14.0 Å². The summed E-state index contributed by atoms with van der Waals surface area (Å²) in [5.74, 6) is 0.246. The predicted octanol–water partition coefficient (Wildman–Crippen LogP) is -0.783. The monoisotopic (exact) mass is 186 g/mol. The first kappa shape index (κ1) is 11.9. The topological polar surface area (TPSA) is 93.5 Å². The van der Waals surface area contributed by atoms with Gasteiger partial charge in [0.1, 0.15) is 5.78 Å². The number of carbonyl (C=O) groups is 1. The van der Waals surface area contributed by atoms with Crippen molar-refractivity contribution in [2.75, 3.05) is 13.6 Å². The van der Waals surface area contributed by atoms with Gasteiger partial charge in [0.05, 0.1) is 6.04 Å². The number of carbonyl (C=O) groups excluding carboxylic acids is 1. The maximum absolute atomic E-state index is 11.0. The Morgan fingerprint density at radius 2 is 2.15 bits per heavy atom. The van der Waals surface area contributed by atoms with E-state index in [9.17, 15) is 4.79 Å². The molecule has 5 N–H and O–H groups in total. The van der Waals surface area contributed by atoms with E-state index >= 15 is 0 Å². The van der Waals surface area contributed by atoms with Crippen LogP contribution in [0, 0.1) is 0 Å². The van der Waals surface area contributed by atoms with Crippen molar-refractivity contribution in [2.45, 2.75) is 25.8 Å². The van der Waals surface area contributed by atoms with E-state index in [1.807, 2.05) is 0 Å². The molecule has 1 atom stereocenters. The Balaban J connectivity index is 3.62. The lowest BCUT2D eigenvalue weighted by Crippen LogP contribution is -2.32. The minimum atomic E-state index is -0.0748. The number of nitrogens with two attached hydrogens (primary N) is 2. The molecule has 5 nitrogen and oxygen atoms in total. The molecular weight excluding hydrogens is 168 g/mol. The number of rotatable bonds is 6. The van der Waals surface area contributed by atoms with Gasteiger partial charge in [-0.05, 0) is 26.8 Å². The molecule has 76 valence electrons. The second-order valence-corrected chi connectivity index (χ2v) is 2.90. The average Bonchev–Trinajstić information content (AvgIpc) is 2.03. The van der Waals surface area contributed by atoms with Crippen molar-refractivity contribution >= 4 is 11.7 Å². The predicted molar refractivity (Wildman–Crippen MR) is 53.4 cm³/mol. The van der Waals surface area contributed by atoms with Gasteiger partial charge in [0.25, 0.3) is 0 Å². The van der Waals surface area contributed by atoms with Crippen molar-refractivity contribution in [1.29, 1.82) is 0 Å². The van der Waals surface area contributed by atoms with Gasteiger partial charge in [-0.3, -0.25) is 9.79 Å². The van der Waals surface area contributed by atoms with Crippen molar-refractivity contribution in [3.63, 3.8) is 0 Å². The Bertz CT molecular complexity index is 187. The lowest BCUT2D eigenvalue weighted by Gasteiger charge is -2.10. The fraction of sp³-hybridized carbons (Fsp3) is 0.750. The summed E-state index contributed by atoms with van der Waals surface area (Å²) in [6.45, 7) is 2.15. The van der Waals surface area contributed by atoms with E-state index < -0.39 is 0 Å². The summed E-state index contributed by atoms with van der Waals surface area (Å²) in [4.78, 5) is 14.8. The third-order valence-electron chi connectivity index (χ3n) is 1.78. The number of hydrogen-bond donors (Lipinski definition) is 3. The van der Waals surface area contributed by atoms with Crippen LogP contribution < -0.4 is 16.8 Å². The highest BCUT2D eigenvalue weighted by Gasteiger charge is 2.09. The Morgan fingerprint density at radius 3 is 2.54 bits per heavy atom. The molecule has 0 aromatic rings. The number of aliphatic imine (C=N–C) groups is 1. The highest BCUT2D eigenvalue weighted by Crippen LogP contribution is 1.98. The first-order valence-corrected chi connectivity index (χ1v) is 4.31. The van der Waals surface area contributed by atoms with Gasteiger partial charge in [-0.15, -0.1) is 0 Å². The Morgan fingerprint density at radius 1 is 1.54 bits per heavy atom. The van der Waals surface area contributed by atoms with E-state index in [2.05, 4.69) is 10.3 Å². The fourth-order valence-corrected chi connectivity index (χ4v) is 1.05. The van der Waals surface area contributed by atoms with Gasteiger partial charge in [-0.2, -0.15) is 0 Å². The zero-order chi connectivity index (χ0) is 10.3. The first-order chi connectivity index (χ1) is 6.07. The molecule has 0 rings (SSSR count). The highest BCUT2D eigenvalue weighted by molar-refractivity contribution is 5.81. The van der Waals surface area contributed by atoms with Crippen LogP contribution in [0.15, 0.2) is 4.99 Å². The number of nitrogens with zero attached hydrogens (tertiary/aromatic N) is 1. The van der Waals surface area contributed by atoms with E-state index in [0.29, 0.717) is 6.54 Å². The lowest BCUT2D eigenvalue weighted by atomic mass is 10.1. The van der Waals surface area contributed by atoms with E-state index in [0.717, 1.165) is 12.8 Å². The van der Waals surface area contributed by atoms with Crippen LogP contribution in [0.2, 0.25) is 0 Å². The number of hydrogen-bond acceptors (Lipinski definition) is 3. The molecule has 0 amide bonds. The number of likely N-dealkylation sites (N-methyl/N-ethyl adjacent to an activating group) is 1. The molecule has 0 fully saturated rings. The molecule has 0 aliphatic heterocycles. The molecule has 0 aliphatic rings. The number of guanidine groups is 1. The standard InChI is InChI=1S/C8H18N4O/c1-6(13)7(11-2)4-3-5-12-8(9)10/h7,11H,3-5H2,1-2H3,(H4,9,10,12). The number of ketones is 1. The van der Waals surface area contributed by atoms with E-state index in [1.165, 1.54) is 0 Å². The van der Waals surface area contributed by atoms with Crippen molar-refractivity contribution in [3.8, 4) is 0 Å². The Hall–Kier alpha value is -1.10. The molecule has 0 radical (unpaired) electrons. The summed E-state index contributed by atoms with van der Waals surface area (Å²) < 4.78 is 0. The Labute approximate surface area is 78.6 Å². The minimum absolute atomic E-state index is 0.0748. The van der Waals surface area contributed by atoms with Gasteiger partial charge in [-0.25, -0.2) is 0 Å². The normalized spacial score (nSPS) is 12.2. The van der Waals surface area contributed by atoms with Crippen LogP contribution in [-0.2, 0) is 4.79 Å². The summed E-state index contributed by atoms with van der Waals surface area (Å²) in [6.07, 6.45) is 1.58. The van der Waals surface area contributed by atoms with Gasteiger partial charge in [0.2, 0.25) is 0 Å². The summed E-state index contributed by atoms with van der Waals surface area (Å²) in [7, 11) is 1.77. The number of nitrogens with one attached hydrogen (secondary N) is 1. The molecule has 5 heteroatoms. The molecule has 0 aromatic heterocycles. The molecule has 0 saturated carbocycles. The maximum Gasteiger partial charge on any atom is 0.185 e. The third kappa shape index (κ3) is 6.10. The summed E-state index contributed by atoms with van der Waals surface area (Å²) in [5, 5.41) is 2.93. The Kier molecular flexibility index (Phi) is 5.88. The summed E-state index contributed by atoms with van der Waals surface area (Å²) in [6, 6.07) is -0.0748. The molecular formula is C8H18N4O. The number of Topliss-reactive ketones (excluding diaryl/α,β-unsaturated/α-hetero) is 1. The molecule has 0 bridgehead atoms. The third-order valence-corrected chi connectivity index (χ3v) is 1.78. The zero-order valence-electron chi connectivity index (χ0n) is 8.21. The second-order valence-electron chi connectivity index (χ2n) is 2.90. The molecule has 0 aromatic carbocycles. The highest BCUT2D eigenvalue weighted by atomic mass is 16.1. The van der Waals surface area contributed by atoms with Gasteiger partial charge in [0, 0.05) is 6.54 Å². The first-order valence-electron chi connectivity index (χ1n) is 4.31. The maximum atomic E-state index is 11.0. The fourth-order valence-electron chi connectivity index (χ4n) is 1.05. The van der Waals surface area contributed by atoms with Gasteiger partial charge in [-0.1, -0.05) is 0 Å². The quantitative estimate of drug-likeness (QED) is 0.288.